The Bertz CT molecular complexity index is 586. The van der Waals surface area contributed by atoms with E-state index in [9.17, 15) is 4.79 Å². The summed E-state index contributed by atoms with van der Waals surface area (Å²) in [5.74, 6) is -0.338. The Balaban J connectivity index is 2.21. The highest BCUT2D eigenvalue weighted by molar-refractivity contribution is 9.10. The molecule has 1 heterocycles. The summed E-state index contributed by atoms with van der Waals surface area (Å²) in [6.07, 6.45) is 1.55. The molecule has 0 atom stereocenters. The van der Waals surface area contributed by atoms with E-state index in [2.05, 4.69) is 26.2 Å². The normalized spacial score (nSPS) is 10.1. The summed E-state index contributed by atoms with van der Waals surface area (Å²) >= 11 is 9.21. The van der Waals surface area contributed by atoms with Gasteiger partial charge in [0.2, 0.25) is 0 Å². The summed E-state index contributed by atoms with van der Waals surface area (Å²) in [7, 11) is 0. The van der Waals surface area contributed by atoms with Gasteiger partial charge in [0.15, 0.2) is 0 Å². The van der Waals surface area contributed by atoms with Crippen LogP contribution in [0.15, 0.2) is 41.0 Å². The summed E-state index contributed by atoms with van der Waals surface area (Å²) in [5.41, 5.74) is 6.92. The molecule has 3 N–H and O–H groups in total. The van der Waals surface area contributed by atoms with Gasteiger partial charge in [-0.2, -0.15) is 0 Å². The van der Waals surface area contributed by atoms with Crippen LogP contribution in [-0.4, -0.2) is 10.9 Å². The van der Waals surface area contributed by atoms with Crippen LogP contribution in [0, 0.1) is 0 Å². The van der Waals surface area contributed by atoms with E-state index in [0.717, 1.165) is 4.47 Å². The fraction of sp³-hybridized carbons (Fsp3) is 0. The second-order valence-corrected chi connectivity index (χ2v) is 4.88. The first kappa shape index (κ1) is 12.9. The van der Waals surface area contributed by atoms with Gasteiger partial charge in [-0.25, -0.2) is 4.98 Å². The molecule has 18 heavy (non-hydrogen) atoms. The molecule has 0 unspecified atom stereocenters. The van der Waals surface area contributed by atoms with Gasteiger partial charge in [0, 0.05) is 16.4 Å². The summed E-state index contributed by atoms with van der Waals surface area (Å²) in [6, 6.07) is 8.24. The highest BCUT2D eigenvalue weighted by Crippen LogP contribution is 2.24. The van der Waals surface area contributed by atoms with Crippen molar-refractivity contribution in [3.8, 4) is 0 Å². The number of rotatable bonds is 2. The SMILES string of the molecule is Nc1ccc(Cl)c(NC(=O)c2ccc(Br)cn2)c1. The topological polar surface area (TPSA) is 68.0 Å². The first-order valence-corrected chi connectivity index (χ1v) is 6.21. The fourth-order valence-electron chi connectivity index (χ4n) is 1.34. The third-order valence-corrected chi connectivity index (χ3v) is 3.00. The van der Waals surface area contributed by atoms with Crippen molar-refractivity contribution in [2.45, 2.75) is 0 Å². The number of pyridine rings is 1. The number of nitrogens with two attached hydrogens (primary N) is 1. The molecule has 4 nitrogen and oxygen atoms in total. The Morgan fingerprint density at radius 3 is 2.78 bits per heavy atom. The Labute approximate surface area is 117 Å². The Morgan fingerprint density at radius 2 is 2.11 bits per heavy atom. The van der Waals surface area contributed by atoms with E-state index in [1.54, 1.807) is 36.5 Å². The molecule has 0 radical (unpaired) electrons. The van der Waals surface area contributed by atoms with Crippen molar-refractivity contribution >= 4 is 44.8 Å². The lowest BCUT2D eigenvalue weighted by Crippen LogP contribution is -2.13. The predicted octanol–water partition coefficient (Wildman–Crippen LogP) is 3.33. The number of benzene rings is 1. The minimum atomic E-state index is -0.338. The fourth-order valence-corrected chi connectivity index (χ4v) is 1.73. The number of nitrogens with zero attached hydrogens (tertiary/aromatic N) is 1. The minimum absolute atomic E-state index is 0.302. The smallest absolute Gasteiger partial charge is 0.274 e. The molecule has 6 heteroatoms. The predicted molar refractivity (Wildman–Crippen MR) is 75.8 cm³/mol. The van der Waals surface area contributed by atoms with Gasteiger partial charge >= 0.3 is 0 Å². The molecular formula is C12H9BrClN3O. The molecule has 1 amide bonds. The summed E-state index contributed by atoms with van der Waals surface area (Å²) in [4.78, 5) is 15.9. The van der Waals surface area contributed by atoms with Crippen LogP contribution >= 0.6 is 27.5 Å². The molecule has 0 saturated heterocycles. The molecular weight excluding hydrogens is 318 g/mol. The van der Waals surface area contributed by atoms with Crippen LogP contribution in [0.2, 0.25) is 5.02 Å². The van der Waals surface area contributed by atoms with E-state index in [0.29, 0.717) is 22.1 Å². The molecule has 0 bridgehead atoms. The molecule has 0 spiro atoms. The zero-order valence-electron chi connectivity index (χ0n) is 9.15. The van der Waals surface area contributed by atoms with Crippen molar-refractivity contribution in [1.82, 2.24) is 4.98 Å². The van der Waals surface area contributed by atoms with Crippen LogP contribution in [-0.2, 0) is 0 Å². The average molecular weight is 327 g/mol. The largest absolute Gasteiger partial charge is 0.399 e. The molecule has 0 aliphatic carbocycles. The molecule has 1 aromatic carbocycles. The zero-order chi connectivity index (χ0) is 13.1. The minimum Gasteiger partial charge on any atom is -0.399 e. The first-order chi connectivity index (χ1) is 8.56. The number of anilines is 2. The zero-order valence-corrected chi connectivity index (χ0v) is 11.5. The Kier molecular flexibility index (Phi) is 3.84. The van der Waals surface area contributed by atoms with Crippen LogP contribution < -0.4 is 11.1 Å². The van der Waals surface area contributed by atoms with Crippen molar-refractivity contribution in [2.24, 2.45) is 0 Å². The number of carbonyl (C=O) groups excluding carboxylic acids is 1. The van der Waals surface area contributed by atoms with Crippen molar-refractivity contribution in [3.63, 3.8) is 0 Å². The maximum absolute atomic E-state index is 11.9. The van der Waals surface area contributed by atoms with Gasteiger partial charge in [0.05, 0.1) is 10.7 Å². The highest BCUT2D eigenvalue weighted by Gasteiger charge is 2.09. The summed E-state index contributed by atoms with van der Waals surface area (Å²) < 4.78 is 0.807. The van der Waals surface area contributed by atoms with Crippen molar-refractivity contribution in [2.75, 3.05) is 11.1 Å². The van der Waals surface area contributed by atoms with Crippen LogP contribution in [0.5, 0.6) is 0 Å². The van der Waals surface area contributed by atoms with E-state index < -0.39 is 0 Å². The highest BCUT2D eigenvalue weighted by atomic mass is 79.9. The van der Waals surface area contributed by atoms with E-state index in [-0.39, 0.29) is 5.91 Å². The number of hydrogen-bond acceptors (Lipinski definition) is 3. The molecule has 2 aromatic rings. The molecule has 0 aliphatic heterocycles. The number of halogens is 2. The molecule has 0 fully saturated rings. The lowest BCUT2D eigenvalue weighted by molar-refractivity contribution is 0.102. The van der Waals surface area contributed by atoms with Gasteiger partial charge < -0.3 is 11.1 Å². The van der Waals surface area contributed by atoms with Crippen LogP contribution in [0.3, 0.4) is 0 Å². The van der Waals surface area contributed by atoms with E-state index >= 15 is 0 Å². The van der Waals surface area contributed by atoms with Crippen LogP contribution in [0.1, 0.15) is 10.5 Å². The number of nitrogen functional groups attached to an aromatic ring is 1. The van der Waals surface area contributed by atoms with Gasteiger partial charge in [-0.05, 0) is 46.3 Å². The lowest BCUT2D eigenvalue weighted by Gasteiger charge is -2.07. The Morgan fingerprint density at radius 1 is 1.33 bits per heavy atom. The van der Waals surface area contributed by atoms with Gasteiger partial charge in [-0.15, -0.1) is 0 Å². The second-order valence-electron chi connectivity index (χ2n) is 3.56. The third-order valence-electron chi connectivity index (χ3n) is 2.20. The second kappa shape index (κ2) is 5.37. The first-order valence-electron chi connectivity index (χ1n) is 5.04. The molecule has 2 rings (SSSR count). The number of aromatic nitrogens is 1. The van der Waals surface area contributed by atoms with Crippen molar-refractivity contribution in [3.05, 3.63) is 51.7 Å². The van der Waals surface area contributed by atoms with Crippen LogP contribution in [0.4, 0.5) is 11.4 Å². The number of hydrogen-bond donors (Lipinski definition) is 2. The quantitative estimate of drug-likeness (QED) is 0.832. The van der Waals surface area contributed by atoms with E-state index in [1.807, 2.05) is 0 Å². The van der Waals surface area contributed by atoms with Gasteiger partial charge in [-0.3, -0.25) is 4.79 Å². The monoisotopic (exact) mass is 325 g/mol. The van der Waals surface area contributed by atoms with E-state index in [1.165, 1.54) is 0 Å². The molecule has 0 aliphatic rings. The maximum atomic E-state index is 11.9. The lowest BCUT2D eigenvalue weighted by atomic mass is 10.2. The average Bonchev–Trinajstić information content (AvgIpc) is 2.34. The standard InChI is InChI=1S/C12H9BrClN3O/c13-7-1-4-10(16-6-7)12(18)17-11-5-8(15)2-3-9(11)14/h1-6H,15H2,(H,17,18). The van der Waals surface area contributed by atoms with Gasteiger partial charge in [0.1, 0.15) is 5.69 Å². The number of amides is 1. The molecule has 0 saturated carbocycles. The van der Waals surface area contributed by atoms with Crippen LogP contribution in [0.25, 0.3) is 0 Å². The van der Waals surface area contributed by atoms with Crippen molar-refractivity contribution in [1.29, 1.82) is 0 Å². The number of nitrogens with one attached hydrogen (secondary N) is 1. The molecule has 1 aromatic heterocycles. The van der Waals surface area contributed by atoms with Gasteiger partial charge in [-0.1, -0.05) is 11.6 Å². The summed E-state index contributed by atoms with van der Waals surface area (Å²) in [6.45, 7) is 0. The molecule has 92 valence electrons. The number of carbonyl (C=O) groups is 1. The van der Waals surface area contributed by atoms with Gasteiger partial charge in [0.25, 0.3) is 5.91 Å². The third kappa shape index (κ3) is 3.00. The maximum Gasteiger partial charge on any atom is 0.274 e. The summed E-state index contributed by atoms with van der Waals surface area (Å²) in [5, 5.41) is 3.08. The van der Waals surface area contributed by atoms with Crippen molar-refractivity contribution < 1.29 is 4.79 Å². The van der Waals surface area contributed by atoms with E-state index in [4.69, 9.17) is 17.3 Å². The Hall–Kier alpha value is -1.59.